The summed E-state index contributed by atoms with van der Waals surface area (Å²) < 4.78 is 24.3. The van der Waals surface area contributed by atoms with Crippen molar-refractivity contribution in [3.8, 4) is 0 Å². The van der Waals surface area contributed by atoms with Gasteiger partial charge >= 0.3 is 0 Å². The van der Waals surface area contributed by atoms with E-state index in [0.29, 0.717) is 6.42 Å². The van der Waals surface area contributed by atoms with Crippen molar-refractivity contribution >= 4 is 9.84 Å². The SMILES string of the molecule is Cc1c(CO)cnn1C1CCS(=O)(=O)C1. The van der Waals surface area contributed by atoms with E-state index in [-0.39, 0.29) is 24.2 Å². The van der Waals surface area contributed by atoms with Gasteiger partial charge in [-0.1, -0.05) is 0 Å². The Bertz CT molecular complexity index is 464. The maximum Gasteiger partial charge on any atom is 0.152 e. The molecule has 1 N–H and O–H groups in total. The first kappa shape index (κ1) is 10.6. The van der Waals surface area contributed by atoms with Crippen molar-refractivity contribution in [1.29, 1.82) is 0 Å². The largest absolute Gasteiger partial charge is 0.392 e. The predicted molar refractivity (Wildman–Crippen MR) is 55.2 cm³/mol. The van der Waals surface area contributed by atoms with Gasteiger partial charge in [0.25, 0.3) is 0 Å². The summed E-state index contributed by atoms with van der Waals surface area (Å²) in [6.07, 6.45) is 2.22. The third-order valence-electron chi connectivity index (χ3n) is 2.87. The molecule has 0 spiro atoms. The summed E-state index contributed by atoms with van der Waals surface area (Å²) in [4.78, 5) is 0. The van der Waals surface area contributed by atoms with Gasteiger partial charge in [0.2, 0.25) is 0 Å². The van der Waals surface area contributed by atoms with Crippen LogP contribution in [-0.2, 0) is 16.4 Å². The smallest absolute Gasteiger partial charge is 0.152 e. The zero-order chi connectivity index (χ0) is 11.1. The van der Waals surface area contributed by atoms with Crippen LogP contribution in [0.1, 0.15) is 23.7 Å². The highest BCUT2D eigenvalue weighted by Gasteiger charge is 2.30. The van der Waals surface area contributed by atoms with Gasteiger partial charge in [-0.15, -0.1) is 0 Å². The van der Waals surface area contributed by atoms with Gasteiger partial charge in [0.15, 0.2) is 9.84 Å². The van der Waals surface area contributed by atoms with E-state index < -0.39 is 9.84 Å². The summed E-state index contributed by atoms with van der Waals surface area (Å²) >= 11 is 0. The number of aliphatic hydroxyl groups is 1. The van der Waals surface area contributed by atoms with Gasteiger partial charge in [-0.05, 0) is 13.3 Å². The fraction of sp³-hybridized carbons (Fsp3) is 0.667. The molecule has 1 fully saturated rings. The predicted octanol–water partition coefficient (Wildman–Crippen LogP) is 0.0434. The summed E-state index contributed by atoms with van der Waals surface area (Å²) in [5.41, 5.74) is 1.62. The minimum Gasteiger partial charge on any atom is -0.392 e. The summed E-state index contributed by atoms with van der Waals surface area (Å²) in [6.45, 7) is 1.80. The van der Waals surface area contributed by atoms with E-state index in [9.17, 15) is 8.42 Å². The summed E-state index contributed by atoms with van der Waals surface area (Å²) in [5, 5.41) is 13.1. The zero-order valence-corrected chi connectivity index (χ0v) is 9.37. The topological polar surface area (TPSA) is 72.2 Å². The van der Waals surface area contributed by atoms with Crippen molar-refractivity contribution in [2.75, 3.05) is 11.5 Å². The maximum absolute atomic E-state index is 11.3. The van der Waals surface area contributed by atoms with E-state index in [1.165, 1.54) is 0 Å². The molecule has 0 amide bonds. The average molecular weight is 230 g/mol. The minimum absolute atomic E-state index is 0.0503. The molecular weight excluding hydrogens is 216 g/mol. The summed E-state index contributed by atoms with van der Waals surface area (Å²) in [7, 11) is -2.88. The van der Waals surface area contributed by atoms with Gasteiger partial charge in [0.1, 0.15) is 0 Å². The van der Waals surface area contributed by atoms with Crippen molar-refractivity contribution in [3.05, 3.63) is 17.5 Å². The van der Waals surface area contributed by atoms with Crippen molar-refractivity contribution in [2.24, 2.45) is 0 Å². The van der Waals surface area contributed by atoms with Crippen LogP contribution in [0, 0.1) is 6.92 Å². The standard InChI is InChI=1S/C9H14N2O3S/c1-7-8(5-12)4-10-11(7)9-2-3-15(13,14)6-9/h4,9,12H,2-3,5-6H2,1H3. The number of aromatic nitrogens is 2. The number of hydrogen-bond donors (Lipinski definition) is 1. The second-order valence-corrected chi connectivity index (χ2v) is 6.14. The summed E-state index contributed by atoms with van der Waals surface area (Å²) in [6, 6.07) is -0.0599. The third kappa shape index (κ3) is 1.91. The highest BCUT2D eigenvalue weighted by molar-refractivity contribution is 7.91. The number of aliphatic hydroxyl groups excluding tert-OH is 1. The molecule has 1 saturated heterocycles. The molecule has 0 aliphatic carbocycles. The highest BCUT2D eigenvalue weighted by Crippen LogP contribution is 2.25. The quantitative estimate of drug-likeness (QED) is 0.778. The Morgan fingerprint density at radius 2 is 2.40 bits per heavy atom. The molecule has 0 aromatic carbocycles. The third-order valence-corrected chi connectivity index (χ3v) is 4.62. The molecule has 6 heteroatoms. The fourth-order valence-corrected chi connectivity index (χ4v) is 3.64. The minimum atomic E-state index is -2.88. The molecule has 1 aromatic rings. The average Bonchev–Trinajstić information content (AvgIpc) is 2.69. The first-order valence-electron chi connectivity index (χ1n) is 4.88. The first-order valence-corrected chi connectivity index (χ1v) is 6.70. The number of nitrogens with zero attached hydrogens (tertiary/aromatic N) is 2. The van der Waals surface area contributed by atoms with E-state index in [2.05, 4.69) is 5.10 Å². The van der Waals surface area contributed by atoms with E-state index >= 15 is 0 Å². The van der Waals surface area contributed by atoms with Gasteiger partial charge in [0.05, 0.1) is 30.4 Å². The summed E-state index contributed by atoms with van der Waals surface area (Å²) in [5.74, 6) is 0.409. The Balaban J connectivity index is 2.28. The number of hydrogen-bond acceptors (Lipinski definition) is 4. The van der Waals surface area contributed by atoms with Crippen molar-refractivity contribution < 1.29 is 13.5 Å². The lowest BCUT2D eigenvalue weighted by Gasteiger charge is -2.11. The highest BCUT2D eigenvalue weighted by atomic mass is 32.2. The van der Waals surface area contributed by atoms with E-state index in [4.69, 9.17) is 5.11 Å². The van der Waals surface area contributed by atoms with Crippen LogP contribution in [0.2, 0.25) is 0 Å². The van der Waals surface area contributed by atoms with Gasteiger partial charge in [-0.3, -0.25) is 4.68 Å². The van der Waals surface area contributed by atoms with Crippen LogP contribution in [0.15, 0.2) is 6.20 Å². The van der Waals surface area contributed by atoms with Crippen LogP contribution in [-0.4, -0.2) is 34.8 Å². The van der Waals surface area contributed by atoms with Crippen molar-refractivity contribution in [1.82, 2.24) is 9.78 Å². The van der Waals surface area contributed by atoms with E-state index in [1.54, 1.807) is 10.9 Å². The van der Waals surface area contributed by atoms with Gasteiger partial charge in [0, 0.05) is 11.3 Å². The van der Waals surface area contributed by atoms with Gasteiger partial charge < -0.3 is 5.11 Å². The Morgan fingerprint density at radius 3 is 2.87 bits per heavy atom. The zero-order valence-electron chi connectivity index (χ0n) is 8.55. The van der Waals surface area contributed by atoms with Crippen molar-refractivity contribution in [3.63, 3.8) is 0 Å². The molecule has 0 bridgehead atoms. The monoisotopic (exact) mass is 230 g/mol. The lowest BCUT2D eigenvalue weighted by molar-refractivity contribution is 0.280. The number of sulfone groups is 1. The van der Waals surface area contributed by atoms with Crippen LogP contribution in [0.4, 0.5) is 0 Å². The first-order chi connectivity index (χ1) is 7.03. The molecule has 1 atom stereocenters. The Morgan fingerprint density at radius 1 is 1.67 bits per heavy atom. The van der Waals surface area contributed by atoms with Crippen LogP contribution >= 0.6 is 0 Å². The molecule has 0 saturated carbocycles. The second kappa shape index (κ2) is 3.61. The Labute approximate surface area is 88.6 Å². The molecule has 5 nitrogen and oxygen atoms in total. The molecule has 1 aliphatic rings. The molecule has 2 rings (SSSR count). The van der Waals surface area contributed by atoms with Gasteiger partial charge in [-0.2, -0.15) is 5.10 Å². The van der Waals surface area contributed by atoms with Crippen LogP contribution < -0.4 is 0 Å². The van der Waals surface area contributed by atoms with Crippen LogP contribution in [0.25, 0.3) is 0 Å². The molecule has 2 heterocycles. The Kier molecular flexibility index (Phi) is 2.56. The van der Waals surface area contributed by atoms with Crippen LogP contribution in [0.3, 0.4) is 0 Å². The molecule has 1 unspecified atom stereocenters. The fourth-order valence-electron chi connectivity index (χ4n) is 1.95. The van der Waals surface area contributed by atoms with Gasteiger partial charge in [-0.25, -0.2) is 8.42 Å². The second-order valence-electron chi connectivity index (χ2n) is 3.91. The molecular formula is C9H14N2O3S. The molecule has 1 aliphatic heterocycles. The van der Waals surface area contributed by atoms with Crippen molar-refractivity contribution in [2.45, 2.75) is 26.0 Å². The van der Waals surface area contributed by atoms with Crippen LogP contribution in [0.5, 0.6) is 0 Å². The molecule has 84 valence electrons. The Hall–Kier alpha value is -0.880. The lowest BCUT2D eigenvalue weighted by atomic mass is 10.2. The lowest BCUT2D eigenvalue weighted by Crippen LogP contribution is -2.13. The molecule has 15 heavy (non-hydrogen) atoms. The van der Waals surface area contributed by atoms with E-state index in [0.717, 1.165) is 11.3 Å². The molecule has 1 aromatic heterocycles. The molecule has 0 radical (unpaired) electrons. The maximum atomic E-state index is 11.3. The van der Waals surface area contributed by atoms with E-state index in [1.807, 2.05) is 6.92 Å². The normalized spacial score (nSPS) is 24.5. The number of rotatable bonds is 2.